The highest BCUT2D eigenvalue weighted by Gasteiger charge is 1.99. The molecule has 0 aliphatic heterocycles. The van der Waals surface area contributed by atoms with Crippen molar-refractivity contribution in [3.05, 3.63) is 58.6 Å². The van der Waals surface area contributed by atoms with Crippen molar-refractivity contribution in [3.8, 4) is 5.75 Å². The maximum Gasteiger partial charge on any atom is 0.220 e. The molecular formula is C16H17BrN2O2. The van der Waals surface area contributed by atoms with Gasteiger partial charge in [-0.1, -0.05) is 28.1 Å². The number of carbonyl (C=O) groups is 1. The van der Waals surface area contributed by atoms with Crippen molar-refractivity contribution in [1.82, 2.24) is 0 Å². The summed E-state index contributed by atoms with van der Waals surface area (Å²) in [6.45, 7) is 1.06. The molecule has 0 aliphatic rings. The minimum atomic E-state index is -0.359. The number of hydrogen-bond donors (Lipinski definition) is 2. The molecule has 3 N–H and O–H groups in total. The minimum Gasteiger partial charge on any atom is -0.493 e. The van der Waals surface area contributed by atoms with E-state index in [1.165, 1.54) is 5.56 Å². The van der Waals surface area contributed by atoms with Crippen molar-refractivity contribution in [2.45, 2.75) is 13.0 Å². The zero-order chi connectivity index (χ0) is 15.1. The van der Waals surface area contributed by atoms with Crippen LogP contribution in [0.5, 0.6) is 5.75 Å². The standard InChI is InChI=1S/C16H17BrN2O2/c17-13-3-1-2-12(10-13)11-19-14-4-6-15(7-5-14)21-9-8-16(18)20/h1-7,10,19H,8-9,11H2,(H2,18,20). The molecule has 0 bridgehead atoms. The van der Waals surface area contributed by atoms with Crippen LogP contribution in [0.3, 0.4) is 0 Å². The summed E-state index contributed by atoms with van der Waals surface area (Å²) >= 11 is 3.45. The van der Waals surface area contributed by atoms with Crippen molar-refractivity contribution < 1.29 is 9.53 Å². The summed E-state index contributed by atoms with van der Waals surface area (Å²) in [5.74, 6) is 0.367. The second-order valence-electron chi connectivity index (χ2n) is 4.57. The van der Waals surface area contributed by atoms with E-state index in [0.717, 1.165) is 22.5 Å². The highest BCUT2D eigenvalue weighted by Crippen LogP contribution is 2.17. The van der Waals surface area contributed by atoms with Gasteiger partial charge in [0, 0.05) is 16.7 Å². The molecule has 2 aromatic carbocycles. The maximum atomic E-state index is 10.6. The Hall–Kier alpha value is -2.01. The number of anilines is 1. The molecule has 2 rings (SSSR count). The molecule has 110 valence electrons. The van der Waals surface area contributed by atoms with Crippen LogP contribution in [0.1, 0.15) is 12.0 Å². The van der Waals surface area contributed by atoms with Crippen LogP contribution in [0, 0.1) is 0 Å². The largest absolute Gasteiger partial charge is 0.493 e. The first-order valence-electron chi connectivity index (χ1n) is 6.63. The zero-order valence-corrected chi connectivity index (χ0v) is 13.1. The van der Waals surface area contributed by atoms with E-state index < -0.39 is 0 Å². The number of nitrogens with one attached hydrogen (secondary N) is 1. The quantitative estimate of drug-likeness (QED) is 0.806. The van der Waals surface area contributed by atoms with E-state index in [1.807, 2.05) is 36.4 Å². The Bertz CT molecular complexity index is 599. The molecule has 0 saturated carbocycles. The van der Waals surface area contributed by atoms with E-state index in [-0.39, 0.29) is 12.3 Å². The number of primary amides is 1. The molecular weight excluding hydrogens is 332 g/mol. The van der Waals surface area contributed by atoms with Crippen molar-refractivity contribution in [2.24, 2.45) is 5.73 Å². The molecule has 0 spiro atoms. The second kappa shape index (κ2) is 7.69. The molecule has 0 heterocycles. The molecule has 0 unspecified atom stereocenters. The summed E-state index contributed by atoms with van der Waals surface area (Å²) in [7, 11) is 0. The number of benzene rings is 2. The predicted molar refractivity (Wildman–Crippen MR) is 87.2 cm³/mol. The molecule has 21 heavy (non-hydrogen) atoms. The van der Waals surface area contributed by atoms with Gasteiger partial charge in [0.15, 0.2) is 0 Å². The van der Waals surface area contributed by atoms with Gasteiger partial charge in [0.05, 0.1) is 13.0 Å². The van der Waals surface area contributed by atoms with Crippen LogP contribution in [-0.2, 0) is 11.3 Å². The fourth-order valence-electron chi connectivity index (χ4n) is 1.79. The highest BCUT2D eigenvalue weighted by molar-refractivity contribution is 9.10. The minimum absolute atomic E-state index is 0.225. The van der Waals surface area contributed by atoms with E-state index in [0.29, 0.717) is 6.61 Å². The lowest BCUT2D eigenvalue weighted by molar-refractivity contribution is -0.118. The monoisotopic (exact) mass is 348 g/mol. The van der Waals surface area contributed by atoms with Gasteiger partial charge in [0.25, 0.3) is 0 Å². The fraction of sp³-hybridized carbons (Fsp3) is 0.188. The van der Waals surface area contributed by atoms with Gasteiger partial charge in [0.1, 0.15) is 5.75 Å². The Morgan fingerprint density at radius 3 is 2.62 bits per heavy atom. The molecule has 5 heteroatoms. The topological polar surface area (TPSA) is 64.4 Å². The fourth-order valence-corrected chi connectivity index (χ4v) is 2.24. The predicted octanol–water partition coefficient (Wildman–Crippen LogP) is 3.32. The number of hydrogen-bond acceptors (Lipinski definition) is 3. The summed E-state index contributed by atoms with van der Waals surface area (Å²) in [6, 6.07) is 15.8. The number of ether oxygens (including phenoxy) is 1. The lowest BCUT2D eigenvalue weighted by Crippen LogP contribution is -2.14. The van der Waals surface area contributed by atoms with Crippen LogP contribution in [-0.4, -0.2) is 12.5 Å². The van der Waals surface area contributed by atoms with Gasteiger partial charge in [-0.25, -0.2) is 0 Å². The molecule has 0 atom stereocenters. The molecule has 0 radical (unpaired) electrons. The van der Waals surface area contributed by atoms with Crippen molar-refractivity contribution >= 4 is 27.5 Å². The average Bonchev–Trinajstić information content (AvgIpc) is 2.46. The molecule has 1 amide bonds. The summed E-state index contributed by atoms with van der Waals surface area (Å²) in [5, 5.41) is 3.34. The SMILES string of the molecule is NC(=O)CCOc1ccc(NCc2cccc(Br)c2)cc1. The molecule has 2 aromatic rings. The van der Waals surface area contributed by atoms with Crippen LogP contribution in [0.4, 0.5) is 5.69 Å². The Morgan fingerprint density at radius 1 is 1.19 bits per heavy atom. The third kappa shape index (κ3) is 5.47. The Balaban J connectivity index is 1.83. The lowest BCUT2D eigenvalue weighted by atomic mass is 10.2. The van der Waals surface area contributed by atoms with Crippen LogP contribution in [0.25, 0.3) is 0 Å². The van der Waals surface area contributed by atoms with E-state index in [2.05, 4.69) is 33.4 Å². The summed E-state index contributed by atoms with van der Waals surface area (Å²) in [6.07, 6.45) is 0.225. The van der Waals surface area contributed by atoms with Crippen LogP contribution < -0.4 is 15.8 Å². The first-order valence-corrected chi connectivity index (χ1v) is 7.42. The van der Waals surface area contributed by atoms with E-state index in [1.54, 1.807) is 0 Å². The van der Waals surface area contributed by atoms with Gasteiger partial charge in [-0.15, -0.1) is 0 Å². The smallest absolute Gasteiger partial charge is 0.220 e. The summed E-state index contributed by atoms with van der Waals surface area (Å²) < 4.78 is 6.48. The number of amides is 1. The molecule has 0 aromatic heterocycles. The average molecular weight is 349 g/mol. The second-order valence-corrected chi connectivity index (χ2v) is 5.49. The number of carbonyl (C=O) groups excluding carboxylic acids is 1. The third-order valence-electron chi connectivity index (χ3n) is 2.86. The Kier molecular flexibility index (Phi) is 5.63. The summed E-state index contributed by atoms with van der Waals surface area (Å²) in [4.78, 5) is 10.6. The number of halogens is 1. The van der Waals surface area contributed by atoms with Crippen molar-refractivity contribution in [1.29, 1.82) is 0 Å². The zero-order valence-electron chi connectivity index (χ0n) is 11.5. The van der Waals surface area contributed by atoms with Gasteiger partial charge in [-0.3, -0.25) is 4.79 Å². The Morgan fingerprint density at radius 2 is 1.95 bits per heavy atom. The highest BCUT2D eigenvalue weighted by atomic mass is 79.9. The van der Waals surface area contributed by atoms with E-state index in [9.17, 15) is 4.79 Å². The van der Waals surface area contributed by atoms with Gasteiger partial charge in [-0.2, -0.15) is 0 Å². The normalized spacial score (nSPS) is 10.1. The first kappa shape index (κ1) is 15.4. The van der Waals surface area contributed by atoms with Gasteiger partial charge in [-0.05, 0) is 42.0 Å². The van der Waals surface area contributed by atoms with Gasteiger partial charge in [0.2, 0.25) is 5.91 Å². The van der Waals surface area contributed by atoms with E-state index >= 15 is 0 Å². The third-order valence-corrected chi connectivity index (χ3v) is 3.35. The van der Waals surface area contributed by atoms with Crippen molar-refractivity contribution in [2.75, 3.05) is 11.9 Å². The Labute approximate surface area is 132 Å². The molecule has 0 saturated heterocycles. The summed E-state index contributed by atoms with van der Waals surface area (Å²) in [5.41, 5.74) is 7.27. The maximum absolute atomic E-state index is 10.6. The molecule has 0 aliphatic carbocycles. The van der Waals surface area contributed by atoms with Crippen LogP contribution in [0.2, 0.25) is 0 Å². The number of rotatable bonds is 7. The van der Waals surface area contributed by atoms with Crippen LogP contribution in [0.15, 0.2) is 53.0 Å². The lowest BCUT2D eigenvalue weighted by Gasteiger charge is -2.09. The van der Waals surface area contributed by atoms with Crippen molar-refractivity contribution in [3.63, 3.8) is 0 Å². The van der Waals surface area contributed by atoms with E-state index in [4.69, 9.17) is 10.5 Å². The van der Waals surface area contributed by atoms with Gasteiger partial charge < -0.3 is 15.8 Å². The number of nitrogens with two attached hydrogens (primary N) is 1. The molecule has 4 nitrogen and oxygen atoms in total. The first-order chi connectivity index (χ1) is 10.1. The van der Waals surface area contributed by atoms with Gasteiger partial charge >= 0.3 is 0 Å². The molecule has 0 fully saturated rings. The van der Waals surface area contributed by atoms with Crippen LogP contribution >= 0.6 is 15.9 Å².